The Kier molecular flexibility index (Phi) is 16.5. The van der Waals surface area contributed by atoms with Gasteiger partial charge in [0.1, 0.15) is 11.5 Å². The molecule has 0 aliphatic carbocycles. The maximum atomic E-state index is 13.8. The molecule has 12 N–H and O–H groups in total. The molecule has 0 aliphatic heterocycles. The smallest absolute Gasteiger partial charge is 0.224 e. The average molecular weight is 604 g/mol. The van der Waals surface area contributed by atoms with E-state index in [1.165, 1.54) is 0 Å². The van der Waals surface area contributed by atoms with Gasteiger partial charge in [0, 0.05) is 31.2 Å². The van der Waals surface area contributed by atoms with Crippen LogP contribution in [0.4, 0.5) is 0 Å². The number of hydrogen-bond donors (Lipinski definition) is 7. The summed E-state index contributed by atoms with van der Waals surface area (Å²) in [6, 6.07) is 1.53. The summed E-state index contributed by atoms with van der Waals surface area (Å²) in [6.07, 6.45) is 2.87. The summed E-state index contributed by atoms with van der Waals surface area (Å²) in [6.45, 7) is 8.31. The number of carbonyl (C=O) groups is 4. The van der Waals surface area contributed by atoms with Gasteiger partial charge in [-0.2, -0.15) is 0 Å². The lowest BCUT2D eigenvalue weighted by Gasteiger charge is -2.25. The number of guanidine groups is 1. The van der Waals surface area contributed by atoms with E-state index in [9.17, 15) is 24.3 Å². The second-order valence-corrected chi connectivity index (χ2v) is 11.9. The van der Waals surface area contributed by atoms with Crippen LogP contribution in [0.3, 0.4) is 0 Å². The van der Waals surface area contributed by atoms with Crippen molar-refractivity contribution in [3.8, 4) is 5.75 Å². The van der Waals surface area contributed by atoms with Crippen LogP contribution in [-0.2, 0) is 25.6 Å². The first-order valence-corrected chi connectivity index (χ1v) is 15.1. The molecule has 0 aromatic heterocycles. The molecule has 242 valence electrons. The van der Waals surface area contributed by atoms with Crippen LogP contribution in [0, 0.1) is 31.6 Å². The fourth-order valence-corrected chi connectivity index (χ4v) is 5.22. The summed E-state index contributed by atoms with van der Waals surface area (Å²) < 4.78 is 0. The van der Waals surface area contributed by atoms with Crippen LogP contribution in [0.2, 0.25) is 0 Å². The van der Waals surface area contributed by atoms with Crippen LogP contribution >= 0.6 is 0 Å². The molecule has 4 atom stereocenters. The first kappa shape index (κ1) is 37.5. The number of nitrogens with two attached hydrogens (primary N) is 5. The Hall–Kier alpha value is -3.51. The number of primary amides is 1. The molecule has 0 radical (unpaired) electrons. The van der Waals surface area contributed by atoms with E-state index in [0.717, 1.165) is 16.7 Å². The normalized spacial score (nSPS) is 14.0. The Balaban J connectivity index is 3.25. The highest BCUT2D eigenvalue weighted by atomic mass is 16.3. The van der Waals surface area contributed by atoms with E-state index in [2.05, 4.69) is 10.3 Å². The average Bonchev–Trinajstić information content (AvgIpc) is 2.90. The lowest BCUT2D eigenvalue weighted by Crippen LogP contribution is -2.46. The molecule has 0 aliphatic rings. The zero-order valence-corrected chi connectivity index (χ0v) is 26.2. The van der Waals surface area contributed by atoms with Crippen molar-refractivity contribution in [2.24, 2.45) is 51.4 Å². The minimum Gasteiger partial charge on any atom is -0.508 e. The van der Waals surface area contributed by atoms with Gasteiger partial charge in [0.05, 0.1) is 12.1 Å². The number of rotatable bonds is 21. The number of ketones is 2. The van der Waals surface area contributed by atoms with Crippen molar-refractivity contribution in [1.82, 2.24) is 5.32 Å². The molecule has 1 rings (SSSR count). The number of Topliss-reactive ketones (excluding diaryl/α,β-unsaturated/α-hetero) is 2. The Morgan fingerprint density at radius 2 is 1.51 bits per heavy atom. The second kappa shape index (κ2) is 18.9. The minimum atomic E-state index is -0.860. The summed E-state index contributed by atoms with van der Waals surface area (Å²) in [7, 11) is 0. The van der Waals surface area contributed by atoms with Gasteiger partial charge in [0.2, 0.25) is 11.8 Å². The number of carbonyl (C=O) groups excluding carboxylic acids is 4. The number of benzene rings is 1. The molecule has 2 amide bonds. The van der Waals surface area contributed by atoms with Crippen LogP contribution in [0.5, 0.6) is 5.75 Å². The number of amides is 2. The second-order valence-electron chi connectivity index (χ2n) is 11.9. The zero-order valence-electron chi connectivity index (χ0n) is 26.2. The van der Waals surface area contributed by atoms with Gasteiger partial charge in [-0.15, -0.1) is 0 Å². The van der Waals surface area contributed by atoms with Gasteiger partial charge in [-0.3, -0.25) is 24.2 Å². The van der Waals surface area contributed by atoms with Crippen molar-refractivity contribution in [1.29, 1.82) is 0 Å². The van der Waals surface area contributed by atoms with Crippen LogP contribution in [0.1, 0.15) is 81.9 Å². The molecular formula is C31H53N7O5. The Morgan fingerprint density at radius 3 is 2.05 bits per heavy atom. The molecule has 43 heavy (non-hydrogen) atoms. The van der Waals surface area contributed by atoms with E-state index >= 15 is 0 Å². The number of hydrogen-bond acceptors (Lipinski definition) is 8. The monoisotopic (exact) mass is 603 g/mol. The van der Waals surface area contributed by atoms with E-state index in [1.54, 1.807) is 12.1 Å². The molecule has 0 unspecified atom stereocenters. The van der Waals surface area contributed by atoms with E-state index < -0.39 is 35.7 Å². The quantitative estimate of drug-likeness (QED) is 0.0606. The molecule has 0 saturated carbocycles. The number of aromatic hydroxyl groups is 1. The first-order chi connectivity index (χ1) is 20.2. The molecule has 0 spiro atoms. The summed E-state index contributed by atoms with van der Waals surface area (Å²) in [4.78, 5) is 56.4. The number of nitrogens with one attached hydrogen (secondary N) is 1. The summed E-state index contributed by atoms with van der Waals surface area (Å²) >= 11 is 0. The summed E-state index contributed by atoms with van der Waals surface area (Å²) in [5, 5.41) is 12.9. The molecule has 0 heterocycles. The molecule has 1 aromatic carbocycles. The summed E-state index contributed by atoms with van der Waals surface area (Å²) in [5.74, 6) is -2.84. The van der Waals surface area contributed by atoms with Gasteiger partial charge in [-0.25, -0.2) is 0 Å². The largest absolute Gasteiger partial charge is 0.508 e. The van der Waals surface area contributed by atoms with Crippen molar-refractivity contribution in [3.63, 3.8) is 0 Å². The highest BCUT2D eigenvalue weighted by Gasteiger charge is 2.31. The molecular weight excluding hydrogens is 550 g/mol. The topological polar surface area (TPSA) is 243 Å². The molecule has 12 heteroatoms. The molecule has 0 fully saturated rings. The SMILES string of the molecule is Cc1cc(O)cc(C)c1C[C@H](CC(=O)[C@H](N)CCCN=C(N)N)C(=O)N[C@@H](CCCCN)C(=O)C[C@@H](CC(C)C)C(N)=O. The third-order valence-electron chi connectivity index (χ3n) is 7.59. The lowest BCUT2D eigenvalue weighted by molar-refractivity contribution is -0.134. The fraction of sp³-hybridized carbons (Fsp3) is 0.645. The number of phenols is 1. The van der Waals surface area contributed by atoms with Gasteiger partial charge in [-0.1, -0.05) is 13.8 Å². The molecule has 0 saturated heterocycles. The van der Waals surface area contributed by atoms with Crippen LogP contribution in [-0.4, -0.2) is 59.6 Å². The Labute approximate surface area is 255 Å². The van der Waals surface area contributed by atoms with E-state index in [0.29, 0.717) is 51.6 Å². The maximum absolute atomic E-state index is 13.8. The van der Waals surface area contributed by atoms with Crippen molar-refractivity contribution < 1.29 is 24.3 Å². The molecule has 12 nitrogen and oxygen atoms in total. The highest BCUT2D eigenvalue weighted by molar-refractivity contribution is 5.94. The van der Waals surface area contributed by atoms with Crippen molar-refractivity contribution in [2.75, 3.05) is 13.1 Å². The number of nitrogens with zero attached hydrogens (tertiary/aromatic N) is 1. The van der Waals surface area contributed by atoms with Crippen molar-refractivity contribution >= 4 is 29.3 Å². The van der Waals surface area contributed by atoms with Crippen molar-refractivity contribution in [3.05, 3.63) is 28.8 Å². The minimum absolute atomic E-state index is 0.0433. The van der Waals surface area contributed by atoms with E-state index in [1.807, 2.05) is 27.7 Å². The van der Waals surface area contributed by atoms with Gasteiger partial charge in [0.15, 0.2) is 11.7 Å². The highest BCUT2D eigenvalue weighted by Crippen LogP contribution is 2.26. The fourth-order valence-electron chi connectivity index (χ4n) is 5.22. The van der Waals surface area contributed by atoms with Gasteiger partial charge >= 0.3 is 0 Å². The number of aryl methyl sites for hydroxylation is 2. The molecule has 1 aromatic rings. The van der Waals surface area contributed by atoms with Gasteiger partial charge in [-0.05, 0) is 100 Å². The predicted octanol–water partition coefficient (Wildman–Crippen LogP) is 1.23. The zero-order chi connectivity index (χ0) is 32.7. The molecule has 0 bridgehead atoms. The van der Waals surface area contributed by atoms with Crippen LogP contribution in [0.25, 0.3) is 0 Å². The maximum Gasteiger partial charge on any atom is 0.224 e. The Bertz CT molecular complexity index is 1090. The predicted molar refractivity (Wildman–Crippen MR) is 169 cm³/mol. The van der Waals surface area contributed by atoms with Gasteiger partial charge < -0.3 is 39.1 Å². The van der Waals surface area contributed by atoms with Gasteiger partial charge in [0.25, 0.3) is 0 Å². The first-order valence-electron chi connectivity index (χ1n) is 15.1. The third kappa shape index (κ3) is 14.0. The number of unbranched alkanes of at least 4 members (excludes halogenated alkanes) is 1. The van der Waals surface area contributed by atoms with E-state index in [-0.39, 0.29) is 48.5 Å². The lowest BCUT2D eigenvalue weighted by atomic mass is 9.86. The number of aliphatic imine (C=N–C) groups is 1. The third-order valence-corrected chi connectivity index (χ3v) is 7.59. The van der Waals surface area contributed by atoms with E-state index in [4.69, 9.17) is 28.7 Å². The standard InChI is InChI=1S/C31H53N7O5/c1-18(2)12-21(29(34)42)16-28(41)26(9-5-6-10-32)38-30(43)22(15-24-19(3)13-23(39)14-20(24)4)17-27(40)25(33)8-7-11-37-31(35)36/h13-14,18,21-22,25-26,39H,5-12,15-17,32-33H2,1-4H3,(H2,34,42)(H,38,43)(H4,35,36,37)/t21-,22-,25-,26+/m1/s1. The summed E-state index contributed by atoms with van der Waals surface area (Å²) in [5.41, 5.74) is 30.5. The van der Waals surface area contributed by atoms with Crippen LogP contribution in [0.15, 0.2) is 17.1 Å². The Morgan fingerprint density at radius 1 is 0.907 bits per heavy atom. The number of phenolic OH excluding ortho intramolecular Hbond substituents is 1. The van der Waals surface area contributed by atoms with Crippen molar-refractivity contribution in [2.45, 2.75) is 97.6 Å². The van der Waals surface area contributed by atoms with Crippen LogP contribution < -0.4 is 34.0 Å².